The molecule has 21 heavy (non-hydrogen) atoms. The Morgan fingerprint density at radius 2 is 2.24 bits per heavy atom. The van der Waals surface area contributed by atoms with E-state index in [1.54, 1.807) is 31.2 Å². The van der Waals surface area contributed by atoms with Gasteiger partial charge in [0.15, 0.2) is 0 Å². The second-order valence-electron chi connectivity index (χ2n) is 4.17. The Bertz CT molecular complexity index is 707. The molecule has 1 heterocycles. The van der Waals surface area contributed by atoms with E-state index in [4.69, 9.17) is 15.7 Å². The van der Waals surface area contributed by atoms with Crippen LogP contribution < -0.4 is 11.1 Å². The Hall–Kier alpha value is -3.07. The van der Waals surface area contributed by atoms with E-state index in [1.807, 2.05) is 0 Å². The molecule has 106 valence electrons. The predicted octanol–water partition coefficient (Wildman–Crippen LogP) is 2.46. The van der Waals surface area contributed by atoms with Gasteiger partial charge >= 0.3 is 5.97 Å². The van der Waals surface area contributed by atoms with Gasteiger partial charge in [0.1, 0.15) is 17.5 Å². The largest absolute Gasteiger partial charge is 0.462 e. The minimum Gasteiger partial charge on any atom is -0.462 e. The summed E-state index contributed by atoms with van der Waals surface area (Å²) < 4.78 is 4.98. The first-order chi connectivity index (χ1) is 10.2. The molecule has 6 nitrogen and oxygen atoms in total. The van der Waals surface area contributed by atoms with E-state index < -0.39 is 5.97 Å². The van der Waals surface area contributed by atoms with Gasteiger partial charge in [0.05, 0.1) is 29.7 Å². The lowest BCUT2D eigenvalue weighted by molar-refractivity contribution is 0.0527. The van der Waals surface area contributed by atoms with E-state index in [0.29, 0.717) is 22.8 Å². The quantitative estimate of drug-likeness (QED) is 0.835. The van der Waals surface area contributed by atoms with Crippen molar-refractivity contribution in [2.24, 2.45) is 0 Å². The van der Waals surface area contributed by atoms with Gasteiger partial charge in [-0.2, -0.15) is 5.26 Å². The van der Waals surface area contributed by atoms with Crippen LogP contribution in [0.3, 0.4) is 0 Å². The summed E-state index contributed by atoms with van der Waals surface area (Å²) in [6.45, 7) is 1.97. The number of carbonyl (C=O) groups is 1. The van der Waals surface area contributed by atoms with Gasteiger partial charge in [-0.15, -0.1) is 0 Å². The maximum atomic E-state index is 11.9. The van der Waals surface area contributed by atoms with Gasteiger partial charge in [0.25, 0.3) is 0 Å². The number of nitrogens with zero attached hydrogens (tertiary/aromatic N) is 2. The maximum absolute atomic E-state index is 11.9. The highest BCUT2D eigenvalue weighted by molar-refractivity contribution is 5.96. The van der Waals surface area contributed by atoms with E-state index in [-0.39, 0.29) is 12.2 Å². The summed E-state index contributed by atoms with van der Waals surface area (Å²) in [7, 11) is 0. The second kappa shape index (κ2) is 6.39. The molecule has 2 aromatic rings. The third-order valence-electron chi connectivity index (χ3n) is 2.70. The molecule has 0 aliphatic carbocycles. The van der Waals surface area contributed by atoms with E-state index in [1.165, 1.54) is 12.3 Å². The van der Waals surface area contributed by atoms with Gasteiger partial charge in [-0.05, 0) is 25.1 Å². The molecular weight excluding hydrogens is 268 g/mol. The SMILES string of the molecule is CCOC(=O)c1cc(N)cnc1Nc1ccccc1C#N. The first-order valence-corrected chi connectivity index (χ1v) is 6.34. The van der Waals surface area contributed by atoms with Crippen LogP contribution >= 0.6 is 0 Å². The number of benzene rings is 1. The van der Waals surface area contributed by atoms with Crippen LogP contribution in [0.4, 0.5) is 17.2 Å². The van der Waals surface area contributed by atoms with Crippen molar-refractivity contribution < 1.29 is 9.53 Å². The first-order valence-electron chi connectivity index (χ1n) is 6.34. The predicted molar refractivity (Wildman–Crippen MR) is 79.0 cm³/mol. The van der Waals surface area contributed by atoms with E-state index >= 15 is 0 Å². The van der Waals surface area contributed by atoms with Crippen molar-refractivity contribution in [3.05, 3.63) is 47.7 Å². The van der Waals surface area contributed by atoms with Gasteiger partial charge in [0.2, 0.25) is 0 Å². The molecule has 0 spiro atoms. The molecule has 0 atom stereocenters. The summed E-state index contributed by atoms with van der Waals surface area (Å²) in [4.78, 5) is 16.0. The number of hydrogen-bond donors (Lipinski definition) is 2. The molecule has 0 amide bonds. The number of anilines is 3. The highest BCUT2D eigenvalue weighted by Gasteiger charge is 2.15. The van der Waals surface area contributed by atoms with E-state index in [2.05, 4.69) is 16.4 Å². The number of hydrogen-bond acceptors (Lipinski definition) is 6. The lowest BCUT2D eigenvalue weighted by Crippen LogP contribution is -2.10. The second-order valence-corrected chi connectivity index (χ2v) is 4.17. The molecule has 0 unspecified atom stereocenters. The summed E-state index contributed by atoms with van der Waals surface area (Å²) in [6, 6.07) is 10.5. The average Bonchev–Trinajstić information content (AvgIpc) is 2.49. The Kier molecular flexibility index (Phi) is 4.36. The van der Waals surface area contributed by atoms with Crippen molar-refractivity contribution in [2.75, 3.05) is 17.7 Å². The Morgan fingerprint density at radius 1 is 1.48 bits per heavy atom. The highest BCUT2D eigenvalue weighted by Crippen LogP contribution is 2.23. The highest BCUT2D eigenvalue weighted by atomic mass is 16.5. The Morgan fingerprint density at radius 3 is 2.95 bits per heavy atom. The van der Waals surface area contributed by atoms with Gasteiger partial charge in [-0.25, -0.2) is 9.78 Å². The number of nitrogens with one attached hydrogen (secondary N) is 1. The van der Waals surface area contributed by atoms with Crippen LogP contribution in [0.15, 0.2) is 36.5 Å². The van der Waals surface area contributed by atoms with Crippen molar-refractivity contribution in [3.8, 4) is 6.07 Å². The van der Waals surface area contributed by atoms with Gasteiger partial charge in [-0.1, -0.05) is 12.1 Å². The average molecular weight is 282 g/mol. The number of nitriles is 1. The number of pyridine rings is 1. The van der Waals surface area contributed by atoms with Crippen LogP contribution in [0.2, 0.25) is 0 Å². The fourth-order valence-corrected chi connectivity index (χ4v) is 1.76. The molecule has 6 heteroatoms. The van der Waals surface area contributed by atoms with Gasteiger partial charge < -0.3 is 15.8 Å². The number of nitrogens with two attached hydrogens (primary N) is 1. The molecule has 3 N–H and O–H groups in total. The van der Waals surface area contributed by atoms with Gasteiger partial charge in [0, 0.05) is 0 Å². The minimum atomic E-state index is -0.519. The molecule has 2 rings (SSSR count). The molecule has 1 aromatic carbocycles. The van der Waals surface area contributed by atoms with Crippen molar-refractivity contribution in [1.82, 2.24) is 4.98 Å². The monoisotopic (exact) mass is 282 g/mol. The molecule has 0 fully saturated rings. The molecular formula is C15H14N4O2. The third-order valence-corrected chi connectivity index (χ3v) is 2.70. The lowest BCUT2D eigenvalue weighted by atomic mass is 10.2. The van der Waals surface area contributed by atoms with Crippen LogP contribution in [0.25, 0.3) is 0 Å². The van der Waals surface area contributed by atoms with Crippen LogP contribution in [0.1, 0.15) is 22.8 Å². The molecule has 1 aromatic heterocycles. The van der Waals surface area contributed by atoms with Crippen LogP contribution in [0.5, 0.6) is 0 Å². The van der Waals surface area contributed by atoms with Crippen LogP contribution in [-0.4, -0.2) is 17.6 Å². The third kappa shape index (κ3) is 3.28. The Labute approximate surface area is 122 Å². The number of para-hydroxylation sites is 1. The molecule has 0 saturated heterocycles. The zero-order valence-electron chi connectivity index (χ0n) is 11.5. The number of rotatable bonds is 4. The fraction of sp³-hybridized carbons (Fsp3) is 0.133. The van der Waals surface area contributed by atoms with Crippen molar-refractivity contribution in [1.29, 1.82) is 5.26 Å². The summed E-state index contributed by atoms with van der Waals surface area (Å²) >= 11 is 0. The number of nitrogen functional groups attached to an aromatic ring is 1. The van der Waals surface area contributed by atoms with E-state index in [9.17, 15) is 4.79 Å². The summed E-state index contributed by atoms with van der Waals surface area (Å²) in [5, 5.41) is 12.0. The maximum Gasteiger partial charge on any atom is 0.341 e. The number of esters is 1. The summed E-state index contributed by atoms with van der Waals surface area (Å²) in [5.41, 5.74) is 7.25. The fourth-order valence-electron chi connectivity index (χ4n) is 1.76. The van der Waals surface area contributed by atoms with E-state index in [0.717, 1.165) is 0 Å². The normalized spacial score (nSPS) is 9.71. The molecule has 0 aliphatic heterocycles. The Balaban J connectivity index is 2.40. The van der Waals surface area contributed by atoms with Crippen LogP contribution in [-0.2, 0) is 4.74 Å². The zero-order valence-corrected chi connectivity index (χ0v) is 11.5. The molecule has 0 bridgehead atoms. The van der Waals surface area contributed by atoms with Gasteiger partial charge in [-0.3, -0.25) is 0 Å². The number of ether oxygens (including phenoxy) is 1. The molecule has 0 radical (unpaired) electrons. The van der Waals surface area contributed by atoms with Crippen molar-refractivity contribution in [2.45, 2.75) is 6.92 Å². The molecule has 0 aliphatic rings. The molecule has 0 saturated carbocycles. The van der Waals surface area contributed by atoms with Crippen molar-refractivity contribution >= 4 is 23.2 Å². The minimum absolute atomic E-state index is 0.226. The summed E-state index contributed by atoms with van der Waals surface area (Å²) in [5.74, 6) is -0.223. The number of carbonyl (C=O) groups excluding carboxylic acids is 1. The topological polar surface area (TPSA) is 101 Å². The standard InChI is InChI=1S/C15H14N4O2/c1-2-21-15(20)12-7-11(17)9-18-14(12)19-13-6-4-3-5-10(13)8-16/h3-7,9H,2,17H2,1H3,(H,18,19). The zero-order chi connectivity index (χ0) is 15.2. The van der Waals surface area contributed by atoms with Crippen molar-refractivity contribution in [3.63, 3.8) is 0 Å². The first kappa shape index (κ1) is 14.3. The smallest absolute Gasteiger partial charge is 0.341 e. The summed E-state index contributed by atoms with van der Waals surface area (Å²) in [6.07, 6.45) is 1.43. The lowest BCUT2D eigenvalue weighted by Gasteiger charge is -2.11. The number of aromatic nitrogens is 1. The van der Waals surface area contributed by atoms with Crippen LogP contribution in [0, 0.1) is 11.3 Å².